The zero-order valence-corrected chi connectivity index (χ0v) is 9.82. The van der Waals surface area contributed by atoms with E-state index in [0.29, 0.717) is 6.10 Å². The molecule has 0 fully saturated rings. The molecular formula is C13H20O2. The summed E-state index contributed by atoms with van der Waals surface area (Å²) in [5, 5.41) is 0. The van der Waals surface area contributed by atoms with Gasteiger partial charge in [0.1, 0.15) is 5.75 Å². The number of ether oxygens (including phenoxy) is 2. The first kappa shape index (κ1) is 12.1. The third-order valence-corrected chi connectivity index (χ3v) is 2.54. The third kappa shape index (κ3) is 3.92. The highest BCUT2D eigenvalue weighted by molar-refractivity contribution is 5.28. The van der Waals surface area contributed by atoms with Gasteiger partial charge in [-0.3, -0.25) is 0 Å². The summed E-state index contributed by atoms with van der Waals surface area (Å²) in [6, 6.07) is 8.17. The Kier molecular flexibility index (Phi) is 5.19. The molecule has 1 atom stereocenters. The summed E-state index contributed by atoms with van der Waals surface area (Å²) in [5.74, 6) is 0.916. The molecule has 0 radical (unpaired) electrons. The molecule has 15 heavy (non-hydrogen) atoms. The Morgan fingerprint density at radius 3 is 2.67 bits per heavy atom. The van der Waals surface area contributed by atoms with Gasteiger partial charge in [0.2, 0.25) is 0 Å². The summed E-state index contributed by atoms with van der Waals surface area (Å²) in [5.41, 5.74) is 1.27. The molecule has 0 aliphatic rings. The Morgan fingerprint density at radius 2 is 2.07 bits per heavy atom. The predicted octanol–water partition coefficient (Wildman–Crippen LogP) is 3.05. The SMILES string of the molecule is CCCC(Cc1cccc(OC)c1)OC. The van der Waals surface area contributed by atoms with Crippen LogP contribution in [0.3, 0.4) is 0 Å². The summed E-state index contributed by atoms with van der Waals surface area (Å²) in [6.07, 6.45) is 3.54. The largest absolute Gasteiger partial charge is 0.497 e. The zero-order chi connectivity index (χ0) is 11.1. The molecule has 2 heteroatoms. The maximum Gasteiger partial charge on any atom is 0.119 e. The maximum absolute atomic E-state index is 5.43. The lowest BCUT2D eigenvalue weighted by molar-refractivity contribution is 0.0949. The quantitative estimate of drug-likeness (QED) is 0.715. The van der Waals surface area contributed by atoms with E-state index in [4.69, 9.17) is 9.47 Å². The van der Waals surface area contributed by atoms with Crippen LogP contribution in [0.5, 0.6) is 5.75 Å². The second-order valence-corrected chi connectivity index (χ2v) is 3.70. The molecule has 1 aromatic carbocycles. The van der Waals surface area contributed by atoms with E-state index in [2.05, 4.69) is 19.1 Å². The van der Waals surface area contributed by atoms with Crippen LogP contribution in [0.15, 0.2) is 24.3 Å². The number of benzene rings is 1. The molecule has 0 heterocycles. The van der Waals surface area contributed by atoms with Gasteiger partial charge in [0.15, 0.2) is 0 Å². The van der Waals surface area contributed by atoms with Crippen molar-refractivity contribution in [1.82, 2.24) is 0 Å². The fourth-order valence-corrected chi connectivity index (χ4v) is 1.69. The van der Waals surface area contributed by atoms with E-state index in [1.165, 1.54) is 5.56 Å². The van der Waals surface area contributed by atoms with E-state index in [1.807, 2.05) is 12.1 Å². The lowest BCUT2D eigenvalue weighted by Gasteiger charge is -2.14. The fourth-order valence-electron chi connectivity index (χ4n) is 1.69. The van der Waals surface area contributed by atoms with Gasteiger partial charge in [0.05, 0.1) is 13.2 Å². The van der Waals surface area contributed by atoms with Crippen LogP contribution in [0.4, 0.5) is 0 Å². The highest BCUT2D eigenvalue weighted by Gasteiger charge is 2.07. The summed E-state index contributed by atoms with van der Waals surface area (Å²) in [4.78, 5) is 0. The van der Waals surface area contributed by atoms with Gasteiger partial charge in [-0.2, -0.15) is 0 Å². The predicted molar refractivity (Wildman–Crippen MR) is 62.4 cm³/mol. The third-order valence-electron chi connectivity index (χ3n) is 2.54. The molecule has 1 rings (SSSR count). The van der Waals surface area contributed by atoms with Crippen LogP contribution in [-0.4, -0.2) is 20.3 Å². The summed E-state index contributed by atoms with van der Waals surface area (Å²) in [7, 11) is 3.47. The molecule has 2 nitrogen and oxygen atoms in total. The van der Waals surface area contributed by atoms with E-state index in [9.17, 15) is 0 Å². The fraction of sp³-hybridized carbons (Fsp3) is 0.538. The topological polar surface area (TPSA) is 18.5 Å². The minimum Gasteiger partial charge on any atom is -0.497 e. The molecule has 0 aliphatic carbocycles. The molecule has 0 aromatic heterocycles. The number of hydrogen-bond donors (Lipinski definition) is 0. The second-order valence-electron chi connectivity index (χ2n) is 3.70. The van der Waals surface area contributed by atoms with E-state index in [1.54, 1.807) is 14.2 Å². The van der Waals surface area contributed by atoms with Crippen LogP contribution in [-0.2, 0) is 11.2 Å². The van der Waals surface area contributed by atoms with Crippen molar-refractivity contribution in [3.63, 3.8) is 0 Å². The van der Waals surface area contributed by atoms with Gasteiger partial charge in [-0.25, -0.2) is 0 Å². The Morgan fingerprint density at radius 1 is 1.27 bits per heavy atom. The van der Waals surface area contributed by atoms with Crippen LogP contribution in [0.1, 0.15) is 25.3 Å². The van der Waals surface area contributed by atoms with Gasteiger partial charge in [-0.15, -0.1) is 0 Å². The molecule has 1 unspecified atom stereocenters. The average molecular weight is 208 g/mol. The minimum atomic E-state index is 0.321. The molecule has 84 valence electrons. The molecule has 1 aromatic rings. The standard InChI is InChI=1S/C13H20O2/c1-4-6-12(14-2)9-11-7-5-8-13(10-11)15-3/h5,7-8,10,12H,4,6,9H2,1-3H3. The highest BCUT2D eigenvalue weighted by atomic mass is 16.5. The van der Waals surface area contributed by atoms with Crippen molar-refractivity contribution in [2.75, 3.05) is 14.2 Å². The van der Waals surface area contributed by atoms with E-state index >= 15 is 0 Å². The van der Waals surface area contributed by atoms with Crippen molar-refractivity contribution in [3.8, 4) is 5.75 Å². The maximum atomic E-state index is 5.43. The highest BCUT2D eigenvalue weighted by Crippen LogP contribution is 2.16. The van der Waals surface area contributed by atoms with Gasteiger partial charge in [-0.05, 0) is 30.5 Å². The first-order valence-electron chi connectivity index (χ1n) is 5.45. The molecule has 0 bridgehead atoms. The van der Waals surface area contributed by atoms with Crippen LogP contribution in [0.25, 0.3) is 0 Å². The lowest BCUT2D eigenvalue weighted by atomic mass is 10.0. The minimum absolute atomic E-state index is 0.321. The number of hydrogen-bond acceptors (Lipinski definition) is 2. The van der Waals surface area contributed by atoms with Crippen LogP contribution < -0.4 is 4.74 Å². The average Bonchev–Trinajstić information content (AvgIpc) is 2.29. The van der Waals surface area contributed by atoms with E-state index in [0.717, 1.165) is 25.0 Å². The Labute approximate surface area is 92.2 Å². The van der Waals surface area contributed by atoms with Crippen molar-refractivity contribution in [3.05, 3.63) is 29.8 Å². The van der Waals surface area contributed by atoms with Gasteiger partial charge < -0.3 is 9.47 Å². The molecule has 0 aliphatic heterocycles. The smallest absolute Gasteiger partial charge is 0.119 e. The summed E-state index contributed by atoms with van der Waals surface area (Å²) >= 11 is 0. The molecular weight excluding hydrogens is 188 g/mol. The number of methoxy groups -OCH3 is 2. The van der Waals surface area contributed by atoms with Crippen LogP contribution in [0.2, 0.25) is 0 Å². The first-order chi connectivity index (χ1) is 7.30. The molecule has 0 saturated heterocycles. The van der Waals surface area contributed by atoms with Crippen molar-refractivity contribution in [2.24, 2.45) is 0 Å². The Bertz CT molecular complexity index is 284. The van der Waals surface area contributed by atoms with Crippen molar-refractivity contribution in [1.29, 1.82) is 0 Å². The van der Waals surface area contributed by atoms with Crippen molar-refractivity contribution < 1.29 is 9.47 Å². The van der Waals surface area contributed by atoms with Crippen LogP contribution in [0, 0.1) is 0 Å². The van der Waals surface area contributed by atoms with Gasteiger partial charge in [0, 0.05) is 7.11 Å². The normalized spacial score (nSPS) is 12.5. The van der Waals surface area contributed by atoms with Gasteiger partial charge in [0.25, 0.3) is 0 Å². The van der Waals surface area contributed by atoms with Gasteiger partial charge >= 0.3 is 0 Å². The van der Waals surface area contributed by atoms with E-state index < -0.39 is 0 Å². The molecule has 0 saturated carbocycles. The molecule has 0 spiro atoms. The monoisotopic (exact) mass is 208 g/mol. The lowest BCUT2D eigenvalue weighted by Crippen LogP contribution is -2.13. The van der Waals surface area contributed by atoms with Crippen molar-refractivity contribution in [2.45, 2.75) is 32.3 Å². The summed E-state index contributed by atoms with van der Waals surface area (Å²) in [6.45, 7) is 2.18. The second kappa shape index (κ2) is 6.46. The van der Waals surface area contributed by atoms with Gasteiger partial charge in [-0.1, -0.05) is 25.5 Å². The Balaban J connectivity index is 2.61. The molecule has 0 amide bonds. The molecule has 0 N–H and O–H groups in total. The Hall–Kier alpha value is -1.02. The van der Waals surface area contributed by atoms with E-state index in [-0.39, 0.29) is 0 Å². The number of rotatable bonds is 6. The zero-order valence-electron chi connectivity index (χ0n) is 9.82. The van der Waals surface area contributed by atoms with Crippen LogP contribution >= 0.6 is 0 Å². The first-order valence-corrected chi connectivity index (χ1v) is 5.45. The van der Waals surface area contributed by atoms with Crippen molar-refractivity contribution >= 4 is 0 Å². The summed E-state index contributed by atoms with van der Waals surface area (Å²) < 4.78 is 10.6.